The zero-order valence-corrected chi connectivity index (χ0v) is 12.9. The van der Waals surface area contributed by atoms with Crippen LogP contribution in [0.1, 0.15) is 11.5 Å². The molecule has 0 radical (unpaired) electrons. The van der Waals surface area contributed by atoms with E-state index >= 15 is 0 Å². The second-order valence-corrected chi connectivity index (χ2v) is 5.63. The van der Waals surface area contributed by atoms with E-state index < -0.39 is 0 Å². The third kappa shape index (κ3) is 3.31. The van der Waals surface area contributed by atoms with Gasteiger partial charge in [-0.05, 0) is 42.3 Å². The van der Waals surface area contributed by atoms with Gasteiger partial charge in [0.05, 0.1) is 0 Å². The summed E-state index contributed by atoms with van der Waals surface area (Å²) in [6.45, 7) is 0. The minimum absolute atomic E-state index is 0.610. The van der Waals surface area contributed by atoms with Crippen LogP contribution in [0, 0.1) is 0 Å². The first-order chi connectivity index (χ1) is 10.2. The summed E-state index contributed by atoms with van der Waals surface area (Å²) in [4.78, 5) is 4.42. The number of aromatic nitrogens is 2. The highest BCUT2D eigenvalue weighted by Gasteiger charge is 2.09. The van der Waals surface area contributed by atoms with E-state index in [-0.39, 0.29) is 0 Å². The molecule has 0 bridgehead atoms. The monoisotopic (exact) mass is 343 g/mol. The van der Waals surface area contributed by atoms with E-state index in [2.05, 4.69) is 26.1 Å². The lowest BCUT2D eigenvalue weighted by Gasteiger charge is -2.02. The van der Waals surface area contributed by atoms with Crippen molar-refractivity contribution in [2.24, 2.45) is 0 Å². The maximum atomic E-state index is 5.92. The fourth-order valence-corrected chi connectivity index (χ4v) is 2.34. The van der Waals surface area contributed by atoms with Gasteiger partial charge in [0.15, 0.2) is 0 Å². The summed E-state index contributed by atoms with van der Waals surface area (Å²) in [5.74, 6) is 1.23. The number of nitrogens with zero attached hydrogens (tertiary/aromatic N) is 2. The molecular weight excluding hydrogens is 330 g/mol. The number of benzene rings is 2. The van der Waals surface area contributed by atoms with E-state index in [1.807, 2.05) is 48.5 Å². The summed E-state index contributed by atoms with van der Waals surface area (Å²) < 4.78 is 6.32. The van der Waals surface area contributed by atoms with Crippen LogP contribution in [0.5, 0.6) is 0 Å². The van der Waals surface area contributed by atoms with Crippen LogP contribution in [0.2, 0.25) is 0 Å². The Kier molecular flexibility index (Phi) is 4.01. The van der Waals surface area contributed by atoms with Crippen molar-refractivity contribution in [2.45, 2.75) is 12.8 Å². The summed E-state index contributed by atoms with van der Waals surface area (Å²) in [5, 5.41) is 4.02. The van der Waals surface area contributed by atoms with Crippen LogP contribution < -0.4 is 5.73 Å². The van der Waals surface area contributed by atoms with Crippen molar-refractivity contribution in [1.29, 1.82) is 0 Å². The Morgan fingerprint density at radius 3 is 2.52 bits per heavy atom. The Morgan fingerprint density at radius 2 is 1.76 bits per heavy atom. The molecule has 1 heterocycles. The van der Waals surface area contributed by atoms with Gasteiger partial charge in [0.1, 0.15) is 0 Å². The lowest BCUT2D eigenvalue weighted by Crippen LogP contribution is -1.97. The zero-order chi connectivity index (χ0) is 14.7. The van der Waals surface area contributed by atoms with E-state index in [9.17, 15) is 0 Å². The summed E-state index contributed by atoms with van der Waals surface area (Å²) >= 11 is 3.40. The molecule has 2 aromatic carbocycles. The molecule has 0 aliphatic heterocycles. The van der Waals surface area contributed by atoms with Crippen molar-refractivity contribution in [1.82, 2.24) is 10.1 Å². The van der Waals surface area contributed by atoms with Crippen LogP contribution >= 0.6 is 15.9 Å². The van der Waals surface area contributed by atoms with Gasteiger partial charge >= 0.3 is 0 Å². The predicted octanol–water partition coefficient (Wildman–Crippen LogP) is 3.87. The number of nitrogen functional groups attached to an aromatic ring is 1. The van der Waals surface area contributed by atoms with Gasteiger partial charge in [-0.2, -0.15) is 4.98 Å². The molecule has 5 heteroatoms. The molecule has 2 N–H and O–H groups in total. The maximum Gasteiger partial charge on any atom is 0.227 e. The van der Waals surface area contributed by atoms with Crippen LogP contribution in [-0.4, -0.2) is 10.1 Å². The summed E-state index contributed by atoms with van der Waals surface area (Å²) in [6.07, 6.45) is 1.46. The number of halogens is 1. The summed E-state index contributed by atoms with van der Waals surface area (Å²) in [7, 11) is 0. The Bertz CT molecular complexity index is 737. The first kappa shape index (κ1) is 13.8. The Morgan fingerprint density at radius 1 is 1.00 bits per heavy atom. The van der Waals surface area contributed by atoms with E-state index in [1.54, 1.807) is 0 Å². The topological polar surface area (TPSA) is 64.9 Å². The number of anilines is 1. The fourth-order valence-electron chi connectivity index (χ4n) is 2.08. The van der Waals surface area contributed by atoms with Crippen molar-refractivity contribution in [3.63, 3.8) is 0 Å². The van der Waals surface area contributed by atoms with E-state index in [0.717, 1.165) is 27.7 Å². The quantitative estimate of drug-likeness (QED) is 0.730. The van der Waals surface area contributed by atoms with Crippen molar-refractivity contribution < 1.29 is 4.52 Å². The highest BCUT2D eigenvalue weighted by Crippen LogP contribution is 2.20. The van der Waals surface area contributed by atoms with Crippen molar-refractivity contribution in [2.75, 3.05) is 5.73 Å². The molecule has 0 fully saturated rings. The standard InChI is InChI=1S/C16H14BrN3O/c17-13-8-5-12(6-9-13)16-19-15(21-20-16)10-7-11-3-1-2-4-14(11)18/h1-6,8-9H,7,10,18H2. The molecule has 4 nitrogen and oxygen atoms in total. The molecule has 0 saturated carbocycles. The molecule has 21 heavy (non-hydrogen) atoms. The molecule has 0 spiro atoms. The number of nitrogens with two attached hydrogens (primary N) is 1. The summed E-state index contributed by atoms with van der Waals surface area (Å²) in [5.41, 5.74) is 8.76. The number of hydrogen-bond donors (Lipinski definition) is 1. The van der Waals surface area contributed by atoms with Crippen LogP contribution in [-0.2, 0) is 12.8 Å². The van der Waals surface area contributed by atoms with Gasteiger partial charge in [0.25, 0.3) is 0 Å². The zero-order valence-electron chi connectivity index (χ0n) is 11.3. The highest BCUT2D eigenvalue weighted by molar-refractivity contribution is 9.10. The van der Waals surface area contributed by atoms with Gasteiger partial charge < -0.3 is 10.3 Å². The van der Waals surface area contributed by atoms with Crippen LogP contribution in [0.15, 0.2) is 57.5 Å². The van der Waals surface area contributed by atoms with Crippen LogP contribution in [0.4, 0.5) is 5.69 Å². The van der Waals surface area contributed by atoms with E-state index in [4.69, 9.17) is 10.3 Å². The first-order valence-electron chi connectivity index (χ1n) is 6.64. The maximum absolute atomic E-state index is 5.92. The van der Waals surface area contributed by atoms with Gasteiger partial charge in [-0.25, -0.2) is 0 Å². The Balaban J connectivity index is 1.71. The lowest BCUT2D eigenvalue weighted by atomic mass is 10.1. The molecule has 0 saturated heterocycles. The second-order valence-electron chi connectivity index (χ2n) is 4.72. The van der Waals surface area contributed by atoms with Gasteiger partial charge in [-0.3, -0.25) is 0 Å². The molecule has 3 rings (SSSR count). The minimum atomic E-state index is 0.610. The smallest absolute Gasteiger partial charge is 0.227 e. The highest BCUT2D eigenvalue weighted by atomic mass is 79.9. The fraction of sp³-hybridized carbons (Fsp3) is 0.125. The molecule has 0 aliphatic carbocycles. The third-order valence-electron chi connectivity index (χ3n) is 3.23. The molecule has 0 aliphatic rings. The van der Waals surface area contributed by atoms with Gasteiger partial charge in [0, 0.05) is 22.1 Å². The number of para-hydroxylation sites is 1. The number of rotatable bonds is 4. The predicted molar refractivity (Wildman–Crippen MR) is 85.7 cm³/mol. The lowest BCUT2D eigenvalue weighted by molar-refractivity contribution is 0.379. The van der Waals surface area contributed by atoms with Crippen molar-refractivity contribution >= 4 is 21.6 Å². The van der Waals surface area contributed by atoms with Gasteiger partial charge in [-0.1, -0.05) is 39.3 Å². The average molecular weight is 344 g/mol. The summed E-state index contributed by atoms with van der Waals surface area (Å²) in [6, 6.07) is 15.6. The van der Waals surface area contributed by atoms with Gasteiger partial charge in [-0.15, -0.1) is 0 Å². The Hall–Kier alpha value is -2.14. The largest absolute Gasteiger partial charge is 0.399 e. The third-order valence-corrected chi connectivity index (χ3v) is 3.76. The molecule has 3 aromatic rings. The second kappa shape index (κ2) is 6.10. The Labute approximate surface area is 131 Å². The van der Waals surface area contributed by atoms with E-state index in [1.165, 1.54) is 0 Å². The molecule has 0 atom stereocenters. The van der Waals surface area contributed by atoms with Crippen molar-refractivity contribution in [3.05, 3.63) is 64.5 Å². The minimum Gasteiger partial charge on any atom is -0.399 e. The van der Waals surface area contributed by atoms with Crippen molar-refractivity contribution in [3.8, 4) is 11.4 Å². The molecule has 106 valence electrons. The molecule has 1 aromatic heterocycles. The molecule has 0 amide bonds. The number of aryl methyl sites for hydroxylation is 2. The normalized spacial score (nSPS) is 10.7. The first-order valence-corrected chi connectivity index (χ1v) is 7.43. The van der Waals surface area contributed by atoms with Crippen LogP contribution in [0.3, 0.4) is 0 Å². The van der Waals surface area contributed by atoms with Gasteiger partial charge in [0.2, 0.25) is 11.7 Å². The molecular formula is C16H14BrN3O. The van der Waals surface area contributed by atoms with Crippen LogP contribution in [0.25, 0.3) is 11.4 Å². The molecule has 0 unspecified atom stereocenters. The van der Waals surface area contributed by atoms with E-state index in [0.29, 0.717) is 18.1 Å². The SMILES string of the molecule is Nc1ccccc1CCc1nc(-c2ccc(Br)cc2)no1. The number of hydrogen-bond acceptors (Lipinski definition) is 4. The average Bonchev–Trinajstić information content (AvgIpc) is 2.96.